The molecule has 0 aromatic heterocycles. The van der Waals surface area contributed by atoms with Crippen molar-refractivity contribution in [1.82, 2.24) is 5.32 Å². The molecule has 0 aliphatic rings. The quantitative estimate of drug-likeness (QED) is 0.687. The smallest absolute Gasteiger partial charge is 0.126 e. The van der Waals surface area contributed by atoms with Crippen LogP contribution in [0.1, 0.15) is 17.2 Å². The summed E-state index contributed by atoms with van der Waals surface area (Å²) in [6.45, 7) is 0. The summed E-state index contributed by atoms with van der Waals surface area (Å²) in [4.78, 5) is 0. The van der Waals surface area contributed by atoms with Gasteiger partial charge in [-0.15, -0.1) is 0 Å². The molecule has 1 unspecified atom stereocenters. The summed E-state index contributed by atoms with van der Waals surface area (Å²) in [5.74, 6) is -0.207. The zero-order chi connectivity index (χ0) is 14.7. The van der Waals surface area contributed by atoms with Crippen LogP contribution in [0.5, 0.6) is 0 Å². The van der Waals surface area contributed by atoms with Gasteiger partial charge >= 0.3 is 0 Å². The molecule has 106 valence electrons. The monoisotopic (exact) mass is 419 g/mol. The van der Waals surface area contributed by atoms with Gasteiger partial charge in [0.2, 0.25) is 0 Å². The summed E-state index contributed by atoms with van der Waals surface area (Å²) in [7, 11) is 1.85. The van der Waals surface area contributed by atoms with Crippen molar-refractivity contribution in [3.63, 3.8) is 0 Å². The van der Waals surface area contributed by atoms with Gasteiger partial charge in [0.05, 0.1) is 0 Å². The van der Waals surface area contributed by atoms with Crippen molar-refractivity contribution >= 4 is 43.5 Å². The van der Waals surface area contributed by atoms with Crippen LogP contribution in [0.15, 0.2) is 45.3 Å². The van der Waals surface area contributed by atoms with E-state index in [4.69, 9.17) is 11.6 Å². The second-order valence-corrected chi connectivity index (χ2v) is 6.69. The SMILES string of the molecule is CNC(Cc1cc(Br)ccc1F)c1ccc(Br)cc1Cl. The standard InChI is InChI=1S/C15H13Br2ClFN/c1-20-15(12-4-2-11(17)8-13(12)18)7-9-6-10(16)3-5-14(9)19/h2-6,8,15,20H,7H2,1H3. The Hall–Kier alpha value is -0.420. The number of hydrogen-bond acceptors (Lipinski definition) is 1. The number of halogens is 4. The van der Waals surface area contributed by atoms with Crippen LogP contribution in [0.25, 0.3) is 0 Å². The van der Waals surface area contributed by atoms with Crippen LogP contribution >= 0.6 is 43.5 Å². The van der Waals surface area contributed by atoms with E-state index in [-0.39, 0.29) is 11.9 Å². The van der Waals surface area contributed by atoms with E-state index in [1.807, 2.05) is 25.2 Å². The average Bonchev–Trinajstić information content (AvgIpc) is 2.40. The van der Waals surface area contributed by atoms with Gasteiger partial charge in [-0.1, -0.05) is 49.5 Å². The molecule has 0 saturated carbocycles. The third-order valence-corrected chi connectivity index (χ3v) is 4.43. The second kappa shape index (κ2) is 7.03. The molecule has 2 aromatic carbocycles. The largest absolute Gasteiger partial charge is 0.313 e. The lowest BCUT2D eigenvalue weighted by Crippen LogP contribution is -2.19. The molecule has 5 heteroatoms. The van der Waals surface area contributed by atoms with Gasteiger partial charge in [0, 0.05) is 20.0 Å². The van der Waals surface area contributed by atoms with Crippen molar-refractivity contribution in [3.05, 3.63) is 67.3 Å². The fourth-order valence-corrected chi connectivity index (χ4v) is 3.28. The highest BCUT2D eigenvalue weighted by Gasteiger charge is 2.16. The minimum absolute atomic E-state index is 0.0422. The van der Waals surface area contributed by atoms with Crippen molar-refractivity contribution in [3.8, 4) is 0 Å². The van der Waals surface area contributed by atoms with Crippen LogP contribution in [0, 0.1) is 5.82 Å². The molecule has 0 radical (unpaired) electrons. The van der Waals surface area contributed by atoms with Crippen LogP contribution in [0.4, 0.5) is 4.39 Å². The normalized spacial score (nSPS) is 12.4. The first-order chi connectivity index (χ1) is 9.51. The molecule has 0 bridgehead atoms. The van der Waals surface area contributed by atoms with E-state index in [0.29, 0.717) is 17.0 Å². The Kier molecular flexibility index (Phi) is 5.61. The zero-order valence-corrected chi connectivity index (χ0v) is 14.7. The molecule has 0 amide bonds. The molecule has 2 aromatic rings. The maximum Gasteiger partial charge on any atom is 0.126 e. The fraction of sp³-hybridized carbons (Fsp3) is 0.200. The first-order valence-corrected chi connectivity index (χ1v) is 8.04. The van der Waals surface area contributed by atoms with E-state index in [2.05, 4.69) is 37.2 Å². The van der Waals surface area contributed by atoms with Crippen molar-refractivity contribution in [1.29, 1.82) is 0 Å². The summed E-state index contributed by atoms with van der Waals surface area (Å²) >= 11 is 13.0. The van der Waals surface area contributed by atoms with Gasteiger partial charge in [0.1, 0.15) is 5.82 Å². The van der Waals surface area contributed by atoms with Gasteiger partial charge in [-0.3, -0.25) is 0 Å². The third kappa shape index (κ3) is 3.82. The molecule has 1 N–H and O–H groups in total. The Morgan fingerprint density at radius 2 is 1.80 bits per heavy atom. The zero-order valence-electron chi connectivity index (χ0n) is 10.8. The van der Waals surface area contributed by atoms with Crippen LogP contribution in [-0.2, 0) is 6.42 Å². The molecule has 1 atom stereocenters. The van der Waals surface area contributed by atoms with Crippen LogP contribution in [-0.4, -0.2) is 7.05 Å². The number of likely N-dealkylation sites (N-methyl/N-ethyl adjacent to an activating group) is 1. The number of rotatable bonds is 4. The topological polar surface area (TPSA) is 12.0 Å². The maximum absolute atomic E-state index is 13.9. The molecule has 0 aliphatic heterocycles. The lowest BCUT2D eigenvalue weighted by Gasteiger charge is -2.19. The molecule has 0 saturated heterocycles. The summed E-state index contributed by atoms with van der Waals surface area (Å²) in [5.41, 5.74) is 1.61. The summed E-state index contributed by atoms with van der Waals surface area (Å²) < 4.78 is 15.6. The fourth-order valence-electron chi connectivity index (χ4n) is 2.07. The Morgan fingerprint density at radius 3 is 2.45 bits per heavy atom. The molecule has 20 heavy (non-hydrogen) atoms. The van der Waals surface area contributed by atoms with Crippen molar-refractivity contribution < 1.29 is 4.39 Å². The molecule has 0 fully saturated rings. The summed E-state index contributed by atoms with van der Waals surface area (Å²) in [6.07, 6.45) is 0.531. The van der Waals surface area contributed by atoms with E-state index in [1.54, 1.807) is 12.1 Å². The number of nitrogens with one attached hydrogen (secondary N) is 1. The number of benzene rings is 2. The average molecular weight is 422 g/mol. The Morgan fingerprint density at radius 1 is 1.15 bits per heavy atom. The highest BCUT2D eigenvalue weighted by atomic mass is 79.9. The molecule has 0 spiro atoms. The molecular formula is C15H13Br2ClFN. The molecule has 0 aliphatic carbocycles. The molecular weight excluding hydrogens is 408 g/mol. The molecule has 0 heterocycles. The van der Waals surface area contributed by atoms with Gasteiger partial charge in [0.15, 0.2) is 0 Å². The summed E-state index contributed by atoms with van der Waals surface area (Å²) in [6, 6.07) is 10.6. The van der Waals surface area contributed by atoms with Gasteiger partial charge in [-0.2, -0.15) is 0 Å². The van der Waals surface area contributed by atoms with E-state index in [9.17, 15) is 4.39 Å². The number of hydrogen-bond donors (Lipinski definition) is 1. The van der Waals surface area contributed by atoms with E-state index in [1.165, 1.54) is 6.07 Å². The van der Waals surface area contributed by atoms with Crippen LogP contribution in [0.3, 0.4) is 0 Å². The van der Waals surface area contributed by atoms with Crippen molar-refractivity contribution in [2.24, 2.45) is 0 Å². The minimum atomic E-state index is -0.207. The van der Waals surface area contributed by atoms with Crippen molar-refractivity contribution in [2.75, 3.05) is 7.05 Å². The Balaban J connectivity index is 2.31. The predicted molar refractivity (Wildman–Crippen MR) is 88.8 cm³/mol. The first kappa shape index (κ1) is 16.0. The van der Waals surface area contributed by atoms with Crippen LogP contribution in [0.2, 0.25) is 5.02 Å². The lowest BCUT2D eigenvalue weighted by atomic mass is 9.98. The third-order valence-electron chi connectivity index (χ3n) is 3.12. The van der Waals surface area contributed by atoms with E-state index >= 15 is 0 Å². The van der Waals surface area contributed by atoms with Crippen molar-refractivity contribution in [2.45, 2.75) is 12.5 Å². The van der Waals surface area contributed by atoms with Gasteiger partial charge in [-0.05, 0) is 54.9 Å². The van der Waals surface area contributed by atoms with E-state index < -0.39 is 0 Å². The highest BCUT2D eigenvalue weighted by molar-refractivity contribution is 9.10. The van der Waals surface area contributed by atoms with Crippen LogP contribution < -0.4 is 5.32 Å². The Bertz CT molecular complexity index is 619. The van der Waals surface area contributed by atoms with E-state index in [0.717, 1.165) is 14.5 Å². The maximum atomic E-state index is 13.9. The Labute approximate surface area is 139 Å². The predicted octanol–water partition coefficient (Wildman–Crippen LogP) is 5.51. The molecule has 1 nitrogen and oxygen atoms in total. The minimum Gasteiger partial charge on any atom is -0.313 e. The van der Waals surface area contributed by atoms with Gasteiger partial charge in [0.25, 0.3) is 0 Å². The lowest BCUT2D eigenvalue weighted by molar-refractivity contribution is 0.554. The summed E-state index contributed by atoms with van der Waals surface area (Å²) in [5, 5.41) is 3.85. The second-order valence-electron chi connectivity index (χ2n) is 4.45. The van der Waals surface area contributed by atoms with Gasteiger partial charge in [-0.25, -0.2) is 4.39 Å². The highest BCUT2D eigenvalue weighted by Crippen LogP contribution is 2.29. The molecule has 2 rings (SSSR count). The van der Waals surface area contributed by atoms with Gasteiger partial charge < -0.3 is 5.32 Å². The first-order valence-electron chi connectivity index (χ1n) is 6.07.